The van der Waals surface area contributed by atoms with E-state index in [-0.39, 0.29) is 29.5 Å². The Labute approximate surface area is 263 Å². The number of hydrogen-bond acceptors (Lipinski definition) is 5. The summed E-state index contributed by atoms with van der Waals surface area (Å²) in [5, 5.41) is 6.85. The Morgan fingerprint density at radius 3 is 2.60 bits per heavy atom. The van der Waals surface area contributed by atoms with E-state index in [1.807, 2.05) is 46.2 Å². The van der Waals surface area contributed by atoms with Gasteiger partial charge in [-0.3, -0.25) is 14.7 Å². The lowest BCUT2D eigenvalue weighted by atomic mass is 9.81. The highest BCUT2D eigenvalue weighted by Gasteiger charge is 2.52. The minimum absolute atomic E-state index is 0.0517. The average Bonchev–Trinajstić information content (AvgIpc) is 3.67. The molecule has 2 aliphatic heterocycles. The smallest absolute Gasteiger partial charge is 0.226 e. The predicted molar refractivity (Wildman–Crippen MR) is 170 cm³/mol. The zero-order chi connectivity index (χ0) is 31.6. The summed E-state index contributed by atoms with van der Waals surface area (Å²) in [6.07, 6.45) is 6.46. The zero-order valence-electron chi connectivity index (χ0n) is 26.1. The van der Waals surface area contributed by atoms with Crippen LogP contribution in [0.5, 0.6) is 5.88 Å². The van der Waals surface area contributed by atoms with Crippen molar-refractivity contribution in [2.45, 2.75) is 64.0 Å². The molecule has 6 rings (SSSR count). The molecule has 2 amide bonds. The van der Waals surface area contributed by atoms with Crippen LogP contribution in [0, 0.1) is 18.7 Å². The predicted octanol–water partition coefficient (Wildman–Crippen LogP) is 6.07. The van der Waals surface area contributed by atoms with Gasteiger partial charge in [0.15, 0.2) is 0 Å². The molecule has 0 bridgehead atoms. The molecule has 0 aliphatic carbocycles. The van der Waals surface area contributed by atoms with Crippen LogP contribution in [-0.2, 0) is 22.6 Å². The minimum Gasteiger partial charge on any atom is -0.481 e. The van der Waals surface area contributed by atoms with E-state index >= 15 is 0 Å². The van der Waals surface area contributed by atoms with E-state index in [1.54, 1.807) is 32.5 Å². The fourth-order valence-corrected chi connectivity index (χ4v) is 7.06. The van der Waals surface area contributed by atoms with Crippen molar-refractivity contribution in [1.82, 2.24) is 25.0 Å². The number of nitrogens with one attached hydrogen (secondary N) is 1. The molecule has 2 saturated heterocycles. The summed E-state index contributed by atoms with van der Waals surface area (Å²) in [7, 11) is 1.59. The van der Waals surface area contributed by atoms with Gasteiger partial charge in [0.25, 0.3) is 0 Å². The molecule has 45 heavy (non-hydrogen) atoms. The first-order valence-electron chi connectivity index (χ1n) is 15.7. The molecule has 234 valence electrons. The van der Waals surface area contributed by atoms with Crippen molar-refractivity contribution in [2.24, 2.45) is 5.92 Å². The summed E-state index contributed by atoms with van der Waals surface area (Å²) in [6, 6.07) is 19.1. The lowest BCUT2D eigenvalue weighted by Crippen LogP contribution is -2.54. The Hall–Kier alpha value is -4.53. The molecule has 2 aliphatic rings. The van der Waals surface area contributed by atoms with Crippen LogP contribution in [0.15, 0.2) is 73.1 Å². The molecule has 0 radical (unpaired) electrons. The van der Waals surface area contributed by atoms with Gasteiger partial charge >= 0.3 is 0 Å². The Bertz CT molecular complexity index is 1650. The number of amides is 2. The second-order valence-electron chi connectivity index (χ2n) is 12.5. The second-order valence-corrected chi connectivity index (χ2v) is 12.5. The highest BCUT2D eigenvalue weighted by molar-refractivity contribution is 5.83. The molecule has 2 atom stereocenters. The molecule has 4 heterocycles. The van der Waals surface area contributed by atoms with Gasteiger partial charge in [-0.25, -0.2) is 9.37 Å². The van der Waals surface area contributed by atoms with Crippen LogP contribution in [0.25, 0.3) is 11.1 Å². The topological polar surface area (TPSA) is 91.4 Å². The molecule has 1 N–H and O–H groups in total. The molecule has 1 spiro atoms. The van der Waals surface area contributed by atoms with Gasteiger partial charge in [-0.15, -0.1) is 0 Å². The van der Waals surface area contributed by atoms with Crippen molar-refractivity contribution >= 4 is 11.8 Å². The number of piperidine rings is 1. The Kier molecular flexibility index (Phi) is 8.70. The molecule has 2 unspecified atom stereocenters. The quantitative estimate of drug-likeness (QED) is 0.249. The van der Waals surface area contributed by atoms with Gasteiger partial charge in [-0.05, 0) is 67.0 Å². The number of carbonyl (C=O) groups excluding carboxylic acids is 2. The third-order valence-electron chi connectivity index (χ3n) is 9.79. The van der Waals surface area contributed by atoms with Crippen LogP contribution in [0.1, 0.15) is 60.9 Å². The molecule has 0 saturated carbocycles. The van der Waals surface area contributed by atoms with Gasteiger partial charge < -0.3 is 14.5 Å². The van der Waals surface area contributed by atoms with Crippen molar-refractivity contribution in [2.75, 3.05) is 20.2 Å². The fraction of sp³-hybridized carbons (Fsp3) is 0.389. The summed E-state index contributed by atoms with van der Waals surface area (Å²) >= 11 is 0. The third kappa shape index (κ3) is 6.21. The maximum absolute atomic E-state index is 14.5. The number of ether oxygens (including phenoxy) is 1. The number of aromatic amines is 1. The average molecular weight is 610 g/mol. The highest BCUT2D eigenvalue weighted by atomic mass is 19.1. The first kappa shape index (κ1) is 30.5. The van der Waals surface area contributed by atoms with E-state index in [2.05, 4.69) is 29.3 Å². The van der Waals surface area contributed by atoms with Gasteiger partial charge in [-0.1, -0.05) is 49.4 Å². The van der Waals surface area contributed by atoms with Crippen molar-refractivity contribution in [3.8, 4) is 17.0 Å². The lowest BCUT2D eigenvalue weighted by molar-refractivity contribution is -0.138. The van der Waals surface area contributed by atoms with Crippen molar-refractivity contribution < 1.29 is 18.7 Å². The van der Waals surface area contributed by atoms with Gasteiger partial charge in [0.1, 0.15) is 5.82 Å². The standard InChI is InChI=1S/C36H40FN5O3/c1-24(26-8-5-4-6-9-26)18-33(43)41-16-14-36(15-17-41)20-28(35(44)42(36)23-27-10-7-11-32(37)25(27)2)19-30-12-13-31(34(40-30)45-3)29-21-38-39-22-29/h4-13,21-22,24,28H,14-20,23H2,1-3H3,(H,38,39). The van der Waals surface area contributed by atoms with Crippen LogP contribution in [0.2, 0.25) is 0 Å². The molecular formula is C36H40FN5O3. The number of carbonyl (C=O) groups is 2. The fourth-order valence-electron chi connectivity index (χ4n) is 7.06. The molecular weight excluding hydrogens is 569 g/mol. The van der Waals surface area contributed by atoms with Gasteiger partial charge in [0, 0.05) is 67.0 Å². The molecule has 2 fully saturated rings. The number of methoxy groups -OCH3 is 1. The summed E-state index contributed by atoms with van der Waals surface area (Å²) in [6.45, 7) is 5.37. The van der Waals surface area contributed by atoms with Gasteiger partial charge in [-0.2, -0.15) is 5.10 Å². The minimum atomic E-state index is -0.414. The van der Waals surface area contributed by atoms with Crippen molar-refractivity contribution in [3.05, 3.63) is 101 Å². The van der Waals surface area contributed by atoms with Crippen molar-refractivity contribution in [3.63, 3.8) is 0 Å². The largest absolute Gasteiger partial charge is 0.481 e. The summed E-state index contributed by atoms with van der Waals surface area (Å²) in [5.74, 6) is 0.254. The van der Waals surface area contributed by atoms with E-state index in [0.29, 0.717) is 63.2 Å². The summed E-state index contributed by atoms with van der Waals surface area (Å²) < 4.78 is 20.2. The van der Waals surface area contributed by atoms with Crippen LogP contribution in [0.4, 0.5) is 4.39 Å². The number of likely N-dealkylation sites (tertiary alicyclic amines) is 2. The first-order chi connectivity index (χ1) is 21.8. The highest BCUT2D eigenvalue weighted by Crippen LogP contribution is 2.44. The molecule has 8 nitrogen and oxygen atoms in total. The van der Waals surface area contributed by atoms with E-state index in [1.165, 1.54) is 6.07 Å². The number of nitrogens with zero attached hydrogens (tertiary/aromatic N) is 4. The molecule has 4 aromatic rings. The van der Waals surface area contributed by atoms with Crippen LogP contribution < -0.4 is 4.74 Å². The lowest BCUT2D eigenvalue weighted by Gasteiger charge is -2.45. The Balaban J connectivity index is 1.21. The monoisotopic (exact) mass is 609 g/mol. The normalized spacial score (nSPS) is 18.4. The summed E-state index contributed by atoms with van der Waals surface area (Å²) in [5.41, 5.74) is 4.59. The SMILES string of the molecule is COc1nc(CC2CC3(CCN(C(=O)CC(C)c4ccccc4)CC3)N(Cc3cccc(F)c3C)C2=O)ccc1-c1cn[nH]c1. The number of rotatable bonds is 9. The summed E-state index contributed by atoms with van der Waals surface area (Å²) in [4.78, 5) is 36.2. The van der Waals surface area contributed by atoms with Crippen molar-refractivity contribution in [1.29, 1.82) is 0 Å². The van der Waals surface area contributed by atoms with Crippen LogP contribution in [-0.4, -0.2) is 62.5 Å². The van der Waals surface area contributed by atoms with Crippen LogP contribution in [0.3, 0.4) is 0 Å². The number of aromatic nitrogens is 3. The van der Waals surface area contributed by atoms with E-state index in [4.69, 9.17) is 9.72 Å². The second kappa shape index (κ2) is 12.8. The first-order valence-corrected chi connectivity index (χ1v) is 15.7. The number of hydrogen-bond donors (Lipinski definition) is 1. The zero-order valence-corrected chi connectivity index (χ0v) is 26.1. The molecule has 2 aromatic carbocycles. The molecule has 9 heteroatoms. The number of H-pyrrole nitrogens is 1. The third-order valence-corrected chi connectivity index (χ3v) is 9.79. The van der Waals surface area contributed by atoms with Crippen LogP contribution >= 0.6 is 0 Å². The van der Waals surface area contributed by atoms with E-state index in [0.717, 1.165) is 27.9 Å². The Morgan fingerprint density at radius 2 is 1.89 bits per heavy atom. The van der Waals surface area contributed by atoms with Gasteiger partial charge in [0.2, 0.25) is 17.7 Å². The van der Waals surface area contributed by atoms with Gasteiger partial charge in [0.05, 0.1) is 13.3 Å². The number of pyridine rings is 1. The number of halogens is 1. The maximum atomic E-state index is 14.5. The number of benzene rings is 2. The van der Waals surface area contributed by atoms with E-state index < -0.39 is 5.54 Å². The Morgan fingerprint density at radius 1 is 1.11 bits per heavy atom. The maximum Gasteiger partial charge on any atom is 0.226 e. The molecule has 2 aromatic heterocycles. The van der Waals surface area contributed by atoms with E-state index in [9.17, 15) is 14.0 Å².